The van der Waals surface area contributed by atoms with Gasteiger partial charge < -0.3 is 5.32 Å². The van der Waals surface area contributed by atoms with Crippen molar-refractivity contribution in [2.24, 2.45) is 5.92 Å². The van der Waals surface area contributed by atoms with Crippen LogP contribution in [0.25, 0.3) is 0 Å². The van der Waals surface area contributed by atoms with Crippen molar-refractivity contribution in [3.05, 3.63) is 35.4 Å². The van der Waals surface area contributed by atoms with E-state index in [-0.39, 0.29) is 18.4 Å². The fourth-order valence-electron chi connectivity index (χ4n) is 3.15. The lowest BCUT2D eigenvalue weighted by atomic mass is 9.88. The second-order valence-corrected chi connectivity index (χ2v) is 5.29. The number of nitrogens with one attached hydrogen (secondary N) is 1. The van der Waals surface area contributed by atoms with Gasteiger partial charge in [-0.1, -0.05) is 37.1 Å². The van der Waals surface area contributed by atoms with Crippen molar-refractivity contribution in [1.29, 1.82) is 0 Å². The Morgan fingerprint density at radius 3 is 2.50 bits per heavy atom. The van der Waals surface area contributed by atoms with Crippen molar-refractivity contribution in [1.82, 2.24) is 5.32 Å². The molecule has 1 aliphatic heterocycles. The average Bonchev–Trinajstić information content (AvgIpc) is 2.91. The Kier molecular flexibility index (Phi) is 4.41. The van der Waals surface area contributed by atoms with Crippen LogP contribution in [0.1, 0.15) is 36.8 Å². The lowest BCUT2D eigenvalue weighted by molar-refractivity contribution is -0.124. The van der Waals surface area contributed by atoms with E-state index in [9.17, 15) is 4.79 Å². The van der Waals surface area contributed by atoms with E-state index >= 15 is 0 Å². The summed E-state index contributed by atoms with van der Waals surface area (Å²) in [6, 6.07) is 8.51. The van der Waals surface area contributed by atoms with E-state index in [2.05, 4.69) is 29.6 Å². The molecule has 1 N–H and O–H groups in total. The largest absolute Gasteiger partial charge is 0.303 e. The lowest BCUT2D eigenvalue weighted by Gasteiger charge is -2.27. The minimum Gasteiger partial charge on any atom is -0.303 e. The summed E-state index contributed by atoms with van der Waals surface area (Å²) in [5.74, 6) is 0.787. The van der Waals surface area contributed by atoms with Gasteiger partial charge >= 0.3 is 0 Å². The number of fused-ring (bicyclic) bond motifs is 1. The van der Waals surface area contributed by atoms with Crippen LogP contribution in [0.5, 0.6) is 0 Å². The fraction of sp³-hybridized carbons (Fsp3) is 0.533. The minimum absolute atomic E-state index is 0. The van der Waals surface area contributed by atoms with Crippen molar-refractivity contribution in [2.45, 2.75) is 44.7 Å². The first kappa shape index (κ1) is 13.6. The van der Waals surface area contributed by atoms with Crippen LogP contribution in [0, 0.1) is 5.92 Å². The Labute approximate surface area is 115 Å². The van der Waals surface area contributed by atoms with Crippen LogP contribution >= 0.6 is 12.4 Å². The van der Waals surface area contributed by atoms with Gasteiger partial charge in [0.2, 0.25) is 0 Å². The second kappa shape index (κ2) is 5.85. The topological polar surface area (TPSA) is 29.1 Å². The molecule has 1 unspecified atom stereocenters. The average molecular weight is 266 g/mol. The Balaban J connectivity index is 0.00000120. The Hall–Kier alpha value is -0.860. The Bertz CT molecular complexity index is 426. The molecule has 0 amide bonds. The van der Waals surface area contributed by atoms with E-state index < -0.39 is 0 Å². The van der Waals surface area contributed by atoms with Crippen molar-refractivity contribution < 1.29 is 4.79 Å². The lowest BCUT2D eigenvalue weighted by Crippen LogP contribution is -2.44. The summed E-state index contributed by atoms with van der Waals surface area (Å²) < 4.78 is 0. The molecule has 3 heteroatoms. The van der Waals surface area contributed by atoms with Crippen LogP contribution in [0.15, 0.2) is 24.3 Å². The molecule has 3 rings (SSSR count). The van der Waals surface area contributed by atoms with Crippen molar-refractivity contribution >= 4 is 18.2 Å². The van der Waals surface area contributed by atoms with E-state index in [0.29, 0.717) is 11.7 Å². The summed E-state index contributed by atoms with van der Waals surface area (Å²) in [6.45, 7) is 0.847. The highest BCUT2D eigenvalue weighted by Crippen LogP contribution is 2.28. The molecule has 18 heavy (non-hydrogen) atoms. The van der Waals surface area contributed by atoms with Crippen molar-refractivity contribution in [2.75, 3.05) is 0 Å². The van der Waals surface area contributed by atoms with Gasteiger partial charge in [-0.15, -0.1) is 12.4 Å². The normalized spacial score (nSPS) is 23.2. The van der Waals surface area contributed by atoms with Crippen molar-refractivity contribution in [3.8, 4) is 0 Å². The van der Waals surface area contributed by atoms with Gasteiger partial charge in [0.15, 0.2) is 5.78 Å². The molecule has 0 bridgehead atoms. The van der Waals surface area contributed by atoms with Crippen molar-refractivity contribution in [3.63, 3.8) is 0 Å². The number of halogens is 1. The van der Waals surface area contributed by atoms with Crippen LogP contribution < -0.4 is 5.32 Å². The summed E-state index contributed by atoms with van der Waals surface area (Å²) in [4.78, 5) is 12.3. The Morgan fingerprint density at radius 2 is 1.78 bits per heavy atom. The maximum Gasteiger partial charge on any atom is 0.153 e. The standard InChI is InChI=1S/C15H19NO.ClH/c17-15(11-5-1-2-6-11)14-9-12-7-3-4-8-13(12)10-16-14;/h3-4,7-8,11,14,16H,1-2,5-6,9-10H2;1H. The zero-order chi connectivity index (χ0) is 11.7. The summed E-state index contributed by atoms with van der Waals surface area (Å²) >= 11 is 0. The van der Waals surface area contributed by atoms with Gasteiger partial charge in [0.25, 0.3) is 0 Å². The third-order valence-corrected chi connectivity index (χ3v) is 4.18. The maximum absolute atomic E-state index is 12.3. The first-order valence-corrected chi connectivity index (χ1v) is 6.68. The molecule has 2 nitrogen and oxygen atoms in total. The molecule has 1 heterocycles. The van der Waals surface area contributed by atoms with Gasteiger partial charge in [0, 0.05) is 12.5 Å². The van der Waals surface area contributed by atoms with E-state index in [0.717, 1.165) is 25.8 Å². The minimum atomic E-state index is 0. The molecule has 1 fully saturated rings. The summed E-state index contributed by atoms with van der Waals surface area (Å²) in [7, 11) is 0. The molecule has 1 aromatic rings. The van der Waals surface area contributed by atoms with Crippen LogP contribution in [0.4, 0.5) is 0 Å². The highest BCUT2D eigenvalue weighted by molar-refractivity contribution is 5.87. The van der Waals surface area contributed by atoms with Gasteiger partial charge in [0.05, 0.1) is 6.04 Å². The predicted molar refractivity (Wildman–Crippen MR) is 75.0 cm³/mol. The molecule has 1 atom stereocenters. The third kappa shape index (κ3) is 2.60. The first-order chi connectivity index (χ1) is 8.34. The highest BCUT2D eigenvalue weighted by Gasteiger charge is 2.31. The summed E-state index contributed by atoms with van der Waals surface area (Å²) in [6.07, 6.45) is 5.57. The smallest absolute Gasteiger partial charge is 0.153 e. The number of benzene rings is 1. The Morgan fingerprint density at radius 1 is 1.11 bits per heavy atom. The molecule has 2 aliphatic rings. The SMILES string of the molecule is Cl.O=C(C1CCCC1)C1Cc2ccccc2CN1. The maximum atomic E-state index is 12.3. The van der Waals surface area contributed by atoms with E-state index in [4.69, 9.17) is 0 Å². The van der Waals surface area contributed by atoms with Gasteiger partial charge in [0.1, 0.15) is 0 Å². The number of carbonyl (C=O) groups excluding carboxylic acids is 1. The molecular weight excluding hydrogens is 246 g/mol. The van der Waals surface area contributed by atoms with Gasteiger partial charge in [-0.2, -0.15) is 0 Å². The van der Waals surface area contributed by atoms with Crippen LogP contribution in [0.2, 0.25) is 0 Å². The van der Waals surface area contributed by atoms with E-state index in [1.807, 2.05) is 0 Å². The van der Waals surface area contributed by atoms with Crippen LogP contribution in [0.3, 0.4) is 0 Å². The summed E-state index contributed by atoms with van der Waals surface area (Å²) in [5.41, 5.74) is 2.70. The van der Waals surface area contributed by atoms with Gasteiger partial charge in [-0.3, -0.25) is 4.79 Å². The fourth-order valence-corrected chi connectivity index (χ4v) is 3.15. The van der Waals surface area contributed by atoms with Gasteiger partial charge in [-0.25, -0.2) is 0 Å². The molecule has 1 saturated carbocycles. The quantitative estimate of drug-likeness (QED) is 0.891. The van der Waals surface area contributed by atoms with Crippen LogP contribution in [-0.4, -0.2) is 11.8 Å². The zero-order valence-electron chi connectivity index (χ0n) is 10.5. The molecule has 0 saturated heterocycles. The number of ketones is 1. The van der Waals surface area contributed by atoms with Crippen LogP contribution in [-0.2, 0) is 17.8 Å². The molecule has 1 aromatic carbocycles. The first-order valence-electron chi connectivity index (χ1n) is 6.68. The number of hydrogen-bond donors (Lipinski definition) is 1. The number of rotatable bonds is 2. The van der Waals surface area contributed by atoms with E-state index in [1.165, 1.54) is 24.0 Å². The number of Topliss-reactive ketones (excluding diaryl/α,β-unsaturated/α-hetero) is 1. The molecule has 0 spiro atoms. The second-order valence-electron chi connectivity index (χ2n) is 5.29. The molecular formula is C15H20ClNO. The van der Waals surface area contributed by atoms with Gasteiger partial charge in [-0.05, 0) is 30.4 Å². The molecule has 0 aromatic heterocycles. The van der Waals surface area contributed by atoms with E-state index in [1.54, 1.807) is 0 Å². The monoisotopic (exact) mass is 265 g/mol. The number of hydrogen-bond acceptors (Lipinski definition) is 2. The molecule has 98 valence electrons. The summed E-state index contributed by atoms with van der Waals surface area (Å²) in [5, 5.41) is 3.40. The molecule has 1 aliphatic carbocycles. The predicted octanol–water partition coefficient (Wildman–Crippen LogP) is 2.88. The third-order valence-electron chi connectivity index (χ3n) is 4.18. The highest BCUT2D eigenvalue weighted by atomic mass is 35.5. The zero-order valence-corrected chi connectivity index (χ0v) is 11.3. The molecule has 0 radical (unpaired) electrons. The number of carbonyl (C=O) groups is 1.